The molecule has 1 heterocycles. The average molecular weight is 371 g/mol. The van der Waals surface area contributed by atoms with Crippen LogP contribution in [0.4, 0.5) is 0 Å². The van der Waals surface area contributed by atoms with Crippen molar-refractivity contribution < 1.29 is 14.7 Å². The lowest BCUT2D eigenvalue weighted by Gasteiger charge is -2.28. The number of hydrogen-bond donors (Lipinski definition) is 2. The standard InChI is InChI=1S/C19H25N5O3/c1-13(24-22-17(21-23-24)14-9-5-4-6-10-14)18(25)20-16-12-8-3-2-7-11-15(16)19(26)27/h4-6,9-10,13,15-16H,2-3,7-8,11-12H2,1H3,(H,20,25)(H,26,27). The SMILES string of the molecule is CC(C(=O)NC1CCCCCCC1C(=O)O)n1nnc(-c2ccccc2)n1. The summed E-state index contributed by atoms with van der Waals surface area (Å²) < 4.78 is 0. The van der Waals surface area contributed by atoms with Gasteiger partial charge < -0.3 is 10.4 Å². The van der Waals surface area contributed by atoms with Crippen LogP contribution in [0.25, 0.3) is 11.4 Å². The normalized spacial score (nSPS) is 21.7. The molecule has 0 radical (unpaired) electrons. The fourth-order valence-electron chi connectivity index (χ4n) is 3.45. The maximum Gasteiger partial charge on any atom is 0.308 e. The molecular weight excluding hydrogens is 346 g/mol. The van der Waals surface area contributed by atoms with E-state index in [1.165, 1.54) is 4.80 Å². The van der Waals surface area contributed by atoms with Crippen molar-refractivity contribution in [1.29, 1.82) is 0 Å². The lowest BCUT2D eigenvalue weighted by Crippen LogP contribution is -2.46. The van der Waals surface area contributed by atoms with Crippen LogP contribution in [0.15, 0.2) is 30.3 Å². The number of carbonyl (C=O) groups excluding carboxylic acids is 1. The summed E-state index contributed by atoms with van der Waals surface area (Å²) in [4.78, 5) is 25.6. The number of benzene rings is 1. The molecule has 0 saturated heterocycles. The van der Waals surface area contributed by atoms with Crippen LogP contribution < -0.4 is 5.32 Å². The van der Waals surface area contributed by atoms with E-state index in [-0.39, 0.29) is 11.9 Å². The zero-order valence-corrected chi connectivity index (χ0v) is 15.4. The predicted octanol–water partition coefficient (Wildman–Crippen LogP) is 2.44. The molecule has 1 aliphatic carbocycles. The smallest absolute Gasteiger partial charge is 0.308 e. The molecule has 1 aromatic carbocycles. The van der Waals surface area contributed by atoms with Crippen molar-refractivity contribution in [3.8, 4) is 11.4 Å². The number of carbonyl (C=O) groups is 2. The van der Waals surface area contributed by atoms with E-state index >= 15 is 0 Å². The van der Waals surface area contributed by atoms with Gasteiger partial charge in [0.1, 0.15) is 6.04 Å². The Morgan fingerprint density at radius 1 is 1.15 bits per heavy atom. The number of nitrogens with zero attached hydrogens (tertiary/aromatic N) is 4. The molecule has 3 unspecified atom stereocenters. The van der Waals surface area contributed by atoms with E-state index in [0.717, 1.165) is 31.2 Å². The highest BCUT2D eigenvalue weighted by atomic mass is 16.4. The summed E-state index contributed by atoms with van der Waals surface area (Å²) >= 11 is 0. The van der Waals surface area contributed by atoms with Crippen LogP contribution in [0, 0.1) is 5.92 Å². The summed E-state index contributed by atoms with van der Waals surface area (Å²) in [6.07, 6.45) is 5.18. The Bertz CT molecular complexity index is 777. The summed E-state index contributed by atoms with van der Waals surface area (Å²) in [6, 6.07) is 8.37. The Morgan fingerprint density at radius 3 is 2.56 bits per heavy atom. The molecule has 0 aliphatic heterocycles. The van der Waals surface area contributed by atoms with Gasteiger partial charge in [0.05, 0.1) is 5.92 Å². The molecule has 2 N–H and O–H groups in total. The number of carboxylic acid groups (broad SMARTS) is 1. The number of hydrogen-bond acceptors (Lipinski definition) is 5. The van der Waals surface area contributed by atoms with E-state index in [9.17, 15) is 14.7 Å². The second-order valence-corrected chi connectivity index (χ2v) is 7.03. The number of nitrogens with one attached hydrogen (secondary N) is 1. The minimum atomic E-state index is -0.847. The molecule has 1 fully saturated rings. The van der Waals surface area contributed by atoms with E-state index in [1.54, 1.807) is 6.92 Å². The molecule has 8 nitrogen and oxygen atoms in total. The molecular formula is C19H25N5O3. The van der Waals surface area contributed by atoms with E-state index in [1.807, 2.05) is 30.3 Å². The van der Waals surface area contributed by atoms with Crippen molar-refractivity contribution in [3.05, 3.63) is 30.3 Å². The van der Waals surface area contributed by atoms with Crippen molar-refractivity contribution >= 4 is 11.9 Å². The number of amides is 1. The van der Waals surface area contributed by atoms with Gasteiger partial charge in [0.2, 0.25) is 11.7 Å². The van der Waals surface area contributed by atoms with Gasteiger partial charge in [-0.15, -0.1) is 10.2 Å². The topological polar surface area (TPSA) is 110 Å². The van der Waals surface area contributed by atoms with Crippen LogP contribution in [0.3, 0.4) is 0 Å². The zero-order valence-electron chi connectivity index (χ0n) is 15.4. The monoisotopic (exact) mass is 371 g/mol. The van der Waals surface area contributed by atoms with Gasteiger partial charge in [0, 0.05) is 11.6 Å². The van der Waals surface area contributed by atoms with Gasteiger partial charge in [-0.2, -0.15) is 4.80 Å². The maximum absolute atomic E-state index is 12.7. The maximum atomic E-state index is 12.7. The van der Waals surface area contributed by atoms with Crippen molar-refractivity contribution in [2.75, 3.05) is 0 Å². The molecule has 1 aromatic heterocycles. The van der Waals surface area contributed by atoms with Crippen LogP contribution >= 0.6 is 0 Å². The van der Waals surface area contributed by atoms with Crippen LogP contribution in [0.5, 0.6) is 0 Å². The van der Waals surface area contributed by atoms with Crippen molar-refractivity contribution in [1.82, 2.24) is 25.5 Å². The Balaban J connectivity index is 1.69. The number of aliphatic carboxylic acids is 1. The van der Waals surface area contributed by atoms with Gasteiger partial charge in [-0.05, 0) is 25.0 Å². The fourth-order valence-corrected chi connectivity index (χ4v) is 3.45. The third-order valence-corrected chi connectivity index (χ3v) is 5.10. The summed E-state index contributed by atoms with van der Waals surface area (Å²) in [5, 5.41) is 24.8. The van der Waals surface area contributed by atoms with Gasteiger partial charge in [0.25, 0.3) is 0 Å². The minimum absolute atomic E-state index is 0.288. The van der Waals surface area contributed by atoms with Crippen LogP contribution in [0.2, 0.25) is 0 Å². The quantitative estimate of drug-likeness (QED) is 0.835. The van der Waals surface area contributed by atoms with Crippen LogP contribution in [0.1, 0.15) is 51.5 Å². The second-order valence-electron chi connectivity index (χ2n) is 7.03. The van der Waals surface area contributed by atoms with Gasteiger partial charge >= 0.3 is 5.97 Å². The fraction of sp³-hybridized carbons (Fsp3) is 0.526. The summed E-state index contributed by atoms with van der Waals surface area (Å²) in [5.41, 5.74) is 0.822. The third kappa shape index (κ3) is 4.69. The molecule has 3 rings (SSSR count). The molecule has 0 spiro atoms. The largest absolute Gasteiger partial charge is 0.481 e. The molecule has 1 saturated carbocycles. The number of aromatic nitrogens is 4. The first-order chi connectivity index (χ1) is 13.1. The predicted molar refractivity (Wildman–Crippen MR) is 98.7 cm³/mol. The molecule has 8 heteroatoms. The average Bonchev–Trinajstić information content (AvgIpc) is 3.14. The van der Waals surface area contributed by atoms with Gasteiger partial charge in [-0.1, -0.05) is 56.0 Å². The van der Waals surface area contributed by atoms with E-state index < -0.39 is 17.9 Å². The molecule has 1 aliphatic rings. The number of carboxylic acids is 1. The Hall–Kier alpha value is -2.77. The first-order valence-corrected chi connectivity index (χ1v) is 9.44. The first kappa shape index (κ1) is 19.0. The molecule has 2 aromatic rings. The van der Waals surface area contributed by atoms with Gasteiger partial charge in [0.15, 0.2) is 0 Å². The van der Waals surface area contributed by atoms with E-state index in [4.69, 9.17) is 0 Å². The molecule has 0 bridgehead atoms. The zero-order chi connectivity index (χ0) is 19.2. The highest BCUT2D eigenvalue weighted by Crippen LogP contribution is 2.24. The number of tetrazole rings is 1. The first-order valence-electron chi connectivity index (χ1n) is 9.44. The Labute approximate surface area is 158 Å². The van der Waals surface area contributed by atoms with Gasteiger partial charge in [-0.3, -0.25) is 9.59 Å². The minimum Gasteiger partial charge on any atom is -0.481 e. The Kier molecular flexibility index (Phi) is 6.16. The third-order valence-electron chi connectivity index (χ3n) is 5.10. The summed E-state index contributed by atoms with van der Waals surface area (Å²) in [7, 11) is 0. The molecule has 144 valence electrons. The lowest BCUT2D eigenvalue weighted by atomic mass is 9.86. The molecule has 27 heavy (non-hydrogen) atoms. The summed E-state index contributed by atoms with van der Waals surface area (Å²) in [5.74, 6) is -1.24. The summed E-state index contributed by atoms with van der Waals surface area (Å²) in [6.45, 7) is 1.69. The number of rotatable bonds is 5. The van der Waals surface area contributed by atoms with E-state index in [0.29, 0.717) is 18.7 Å². The highest BCUT2D eigenvalue weighted by molar-refractivity contribution is 5.81. The van der Waals surface area contributed by atoms with Crippen LogP contribution in [-0.4, -0.2) is 43.2 Å². The van der Waals surface area contributed by atoms with Crippen molar-refractivity contribution in [2.45, 2.75) is 57.5 Å². The molecule has 1 amide bonds. The van der Waals surface area contributed by atoms with Crippen LogP contribution in [-0.2, 0) is 9.59 Å². The molecule has 3 atom stereocenters. The second kappa shape index (κ2) is 8.75. The lowest BCUT2D eigenvalue weighted by molar-refractivity contribution is -0.143. The van der Waals surface area contributed by atoms with E-state index in [2.05, 4.69) is 20.7 Å². The van der Waals surface area contributed by atoms with Crippen molar-refractivity contribution in [2.24, 2.45) is 5.92 Å². The Morgan fingerprint density at radius 2 is 1.85 bits per heavy atom. The van der Waals surface area contributed by atoms with Crippen molar-refractivity contribution in [3.63, 3.8) is 0 Å². The van der Waals surface area contributed by atoms with Gasteiger partial charge in [-0.25, -0.2) is 0 Å². The highest BCUT2D eigenvalue weighted by Gasteiger charge is 2.31.